The van der Waals surface area contributed by atoms with Crippen LogP contribution in [0.3, 0.4) is 0 Å². The van der Waals surface area contributed by atoms with Gasteiger partial charge >= 0.3 is 5.97 Å². The standard InChI is InChI=1S/C23H25N3O7/c1-14(21(27)28)31-20-18(25-26-24)23(29-12-15-8-4-2-5-9-15)32-17-13-30-22(33-19(17)20)16-10-6-3-7-11-16/h2-11,14,17-20,22-23H,12-13H2,1H3,(H,27,28)/t14-,17?,18+,19-,20?,22?,23+/m1/s1. The van der Waals surface area contributed by atoms with E-state index in [1.807, 2.05) is 60.7 Å². The number of hydrogen-bond donors (Lipinski definition) is 1. The van der Waals surface area contributed by atoms with Crippen molar-refractivity contribution in [3.8, 4) is 0 Å². The minimum atomic E-state index is -1.17. The molecule has 2 aliphatic rings. The summed E-state index contributed by atoms with van der Waals surface area (Å²) in [6.07, 6.45) is -5.12. The fourth-order valence-electron chi connectivity index (χ4n) is 3.86. The Morgan fingerprint density at radius 2 is 1.88 bits per heavy atom. The van der Waals surface area contributed by atoms with Gasteiger partial charge in [-0.3, -0.25) is 0 Å². The summed E-state index contributed by atoms with van der Waals surface area (Å²) >= 11 is 0. The number of carbonyl (C=O) groups is 1. The Kier molecular flexibility index (Phi) is 7.56. The average molecular weight is 455 g/mol. The highest BCUT2D eigenvalue weighted by Gasteiger charge is 2.51. The molecule has 0 amide bonds. The Morgan fingerprint density at radius 3 is 2.55 bits per heavy atom. The van der Waals surface area contributed by atoms with Crippen LogP contribution >= 0.6 is 0 Å². The number of carboxylic acid groups (broad SMARTS) is 1. The van der Waals surface area contributed by atoms with E-state index in [2.05, 4.69) is 10.0 Å². The first-order chi connectivity index (χ1) is 16.1. The number of benzene rings is 2. The fourth-order valence-corrected chi connectivity index (χ4v) is 3.86. The molecule has 10 heteroatoms. The molecule has 1 N–H and O–H groups in total. The summed E-state index contributed by atoms with van der Waals surface area (Å²) in [6, 6.07) is 17.8. The van der Waals surface area contributed by atoms with Gasteiger partial charge in [-0.25, -0.2) is 4.79 Å². The van der Waals surface area contributed by atoms with Crippen LogP contribution in [0.15, 0.2) is 65.8 Å². The minimum absolute atomic E-state index is 0.166. The molecule has 0 aliphatic carbocycles. The molecule has 10 nitrogen and oxygen atoms in total. The maximum absolute atomic E-state index is 11.5. The van der Waals surface area contributed by atoms with Crippen molar-refractivity contribution in [2.75, 3.05) is 6.61 Å². The SMILES string of the molecule is C[C@@H](OC1[C@@H]2OC(c3ccccc3)OCC2O[C@H](OCc2ccccc2)[C@H]1N=[N+]=[N-])C(=O)O. The zero-order chi connectivity index (χ0) is 23.2. The maximum atomic E-state index is 11.5. The molecule has 3 unspecified atom stereocenters. The highest BCUT2D eigenvalue weighted by atomic mass is 16.8. The van der Waals surface area contributed by atoms with E-state index in [4.69, 9.17) is 23.7 Å². The third kappa shape index (κ3) is 5.51. The van der Waals surface area contributed by atoms with E-state index in [-0.39, 0.29) is 13.2 Å². The summed E-state index contributed by atoms with van der Waals surface area (Å²) < 4.78 is 29.9. The summed E-state index contributed by atoms with van der Waals surface area (Å²) in [5.41, 5.74) is 10.9. The van der Waals surface area contributed by atoms with Crippen LogP contribution in [0.4, 0.5) is 0 Å². The van der Waals surface area contributed by atoms with Crippen LogP contribution in [0.2, 0.25) is 0 Å². The topological polar surface area (TPSA) is 132 Å². The first-order valence-corrected chi connectivity index (χ1v) is 10.6. The molecule has 0 spiro atoms. The van der Waals surface area contributed by atoms with Crippen molar-refractivity contribution in [3.05, 3.63) is 82.2 Å². The zero-order valence-corrected chi connectivity index (χ0v) is 18.0. The molecule has 2 fully saturated rings. The summed E-state index contributed by atoms with van der Waals surface area (Å²) in [7, 11) is 0. The first kappa shape index (κ1) is 23.2. The predicted molar refractivity (Wildman–Crippen MR) is 115 cm³/mol. The molecular formula is C23H25N3O7. The molecule has 0 bridgehead atoms. The summed E-state index contributed by atoms with van der Waals surface area (Å²) in [6.45, 7) is 1.78. The number of fused-ring (bicyclic) bond motifs is 1. The number of ether oxygens (including phenoxy) is 5. The van der Waals surface area contributed by atoms with Crippen LogP contribution in [0.1, 0.15) is 24.3 Å². The van der Waals surface area contributed by atoms with E-state index < -0.39 is 49.0 Å². The maximum Gasteiger partial charge on any atom is 0.332 e. The largest absolute Gasteiger partial charge is 0.479 e. The third-order valence-electron chi connectivity index (χ3n) is 5.53. The molecule has 33 heavy (non-hydrogen) atoms. The summed E-state index contributed by atoms with van der Waals surface area (Å²) in [4.78, 5) is 14.5. The van der Waals surface area contributed by atoms with E-state index >= 15 is 0 Å². The van der Waals surface area contributed by atoms with Gasteiger partial charge in [0.25, 0.3) is 0 Å². The first-order valence-electron chi connectivity index (χ1n) is 10.6. The van der Waals surface area contributed by atoms with Gasteiger partial charge in [-0.15, -0.1) is 0 Å². The average Bonchev–Trinajstić information content (AvgIpc) is 2.85. The quantitative estimate of drug-likeness (QED) is 0.365. The van der Waals surface area contributed by atoms with Crippen molar-refractivity contribution < 1.29 is 33.6 Å². The molecule has 2 heterocycles. The second-order valence-electron chi connectivity index (χ2n) is 7.79. The molecule has 2 aromatic carbocycles. The van der Waals surface area contributed by atoms with Crippen LogP contribution < -0.4 is 0 Å². The van der Waals surface area contributed by atoms with Gasteiger partial charge in [-0.2, -0.15) is 0 Å². The number of azide groups is 1. The van der Waals surface area contributed by atoms with Crippen LogP contribution in [-0.2, 0) is 35.1 Å². The summed E-state index contributed by atoms with van der Waals surface area (Å²) in [5, 5.41) is 13.3. The summed E-state index contributed by atoms with van der Waals surface area (Å²) in [5.74, 6) is -1.15. The molecule has 174 valence electrons. The monoisotopic (exact) mass is 455 g/mol. The van der Waals surface area contributed by atoms with Crippen LogP contribution in [0.25, 0.3) is 10.4 Å². The van der Waals surface area contributed by atoms with Gasteiger partial charge in [0.2, 0.25) is 0 Å². The van der Waals surface area contributed by atoms with E-state index in [9.17, 15) is 15.4 Å². The lowest BCUT2D eigenvalue weighted by Gasteiger charge is -2.48. The van der Waals surface area contributed by atoms with Crippen molar-refractivity contribution in [2.24, 2.45) is 5.11 Å². The zero-order valence-electron chi connectivity index (χ0n) is 18.0. The molecule has 4 rings (SSSR count). The van der Waals surface area contributed by atoms with E-state index in [1.165, 1.54) is 6.92 Å². The molecule has 0 aromatic heterocycles. The van der Waals surface area contributed by atoms with Crippen molar-refractivity contribution in [1.82, 2.24) is 0 Å². The lowest BCUT2D eigenvalue weighted by molar-refractivity contribution is -0.349. The van der Waals surface area contributed by atoms with E-state index in [1.54, 1.807) is 0 Å². The highest BCUT2D eigenvalue weighted by molar-refractivity contribution is 5.71. The molecule has 0 saturated carbocycles. The van der Waals surface area contributed by atoms with Crippen molar-refractivity contribution >= 4 is 5.97 Å². The number of hydrogen-bond acceptors (Lipinski definition) is 7. The number of nitrogens with zero attached hydrogens (tertiary/aromatic N) is 3. The molecule has 2 aromatic rings. The number of aliphatic carboxylic acids is 1. The van der Waals surface area contributed by atoms with Gasteiger partial charge in [-0.1, -0.05) is 65.8 Å². The second kappa shape index (κ2) is 10.8. The Bertz CT molecular complexity index is 971. The van der Waals surface area contributed by atoms with Crippen molar-refractivity contribution in [2.45, 2.75) is 56.6 Å². The Hall–Kier alpha value is -2.98. The van der Waals surface area contributed by atoms with Gasteiger partial charge in [-0.05, 0) is 18.0 Å². The highest BCUT2D eigenvalue weighted by Crippen LogP contribution is 2.37. The normalized spacial score (nSPS) is 30.0. The van der Waals surface area contributed by atoms with Gasteiger partial charge in [0.05, 0.1) is 13.2 Å². The Morgan fingerprint density at radius 1 is 1.18 bits per heavy atom. The van der Waals surface area contributed by atoms with Crippen LogP contribution in [0.5, 0.6) is 0 Å². The van der Waals surface area contributed by atoms with Crippen molar-refractivity contribution in [1.29, 1.82) is 0 Å². The number of rotatable bonds is 8. The van der Waals surface area contributed by atoms with Gasteiger partial charge in [0.1, 0.15) is 24.4 Å². The molecule has 0 radical (unpaired) electrons. The lowest BCUT2D eigenvalue weighted by atomic mass is 9.95. The fraction of sp³-hybridized carbons (Fsp3) is 0.435. The van der Waals surface area contributed by atoms with Crippen molar-refractivity contribution in [3.63, 3.8) is 0 Å². The van der Waals surface area contributed by atoms with E-state index in [0.717, 1.165) is 11.1 Å². The van der Waals surface area contributed by atoms with Gasteiger partial charge < -0.3 is 28.8 Å². The predicted octanol–water partition coefficient (Wildman–Crippen LogP) is 3.58. The molecule has 2 saturated heterocycles. The van der Waals surface area contributed by atoms with Gasteiger partial charge in [0.15, 0.2) is 18.7 Å². The van der Waals surface area contributed by atoms with E-state index in [0.29, 0.717) is 0 Å². The van der Waals surface area contributed by atoms with Crippen LogP contribution in [0, 0.1) is 0 Å². The number of carboxylic acids is 1. The smallest absolute Gasteiger partial charge is 0.332 e. The van der Waals surface area contributed by atoms with Crippen LogP contribution in [-0.4, -0.2) is 54.4 Å². The Labute approximate surface area is 190 Å². The Balaban J connectivity index is 1.59. The third-order valence-corrected chi connectivity index (χ3v) is 5.53. The second-order valence-corrected chi connectivity index (χ2v) is 7.79. The minimum Gasteiger partial charge on any atom is -0.479 e. The lowest BCUT2D eigenvalue weighted by Crippen LogP contribution is -2.63. The van der Waals surface area contributed by atoms with Gasteiger partial charge in [0, 0.05) is 10.5 Å². The molecular weight excluding hydrogens is 430 g/mol. The molecule has 7 atom stereocenters. The molecule has 2 aliphatic heterocycles.